The number of rotatable bonds is 6. The molecule has 2 atom stereocenters. The first-order chi connectivity index (χ1) is 8.47. The van der Waals surface area contributed by atoms with Gasteiger partial charge in [-0.05, 0) is 29.9 Å². The second kappa shape index (κ2) is 6.91. The van der Waals surface area contributed by atoms with Gasteiger partial charge in [0.1, 0.15) is 0 Å². The van der Waals surface area contributed by atoms with Crippen molar-refractivity contribution >= 4 is 0 Å². The second-order valence-electron chi connectivity index (χ2n) is 5.51. The number of hydrogen-bond donors (Lipinski definition) is 1. The third-order valence-corrected chi connectivity index (χ3v) is 3.36. The van der Waals surface area contributed by atoms with Gasteiger partial charge in [-0.2, -0.15) is 0 Å². The molecule has 2 unspecified atom stereocenters. The van der Waals surface area contributed by atoms with Gasteiger partial charge < -0.3 is 10.5 Å². The zero-order chi connectivity index (χ0) is 13.7. The topological polar surface area (TPSA) is 35.2 Å². The highest BCUT2D eigenvalue weighted by atomic mass is 16.5. The molecule has 2 nitrogen and oxygen atoms in total. The maximum Gasteiger partial charge on any atom is 0.0790 e. The predicted molar refractivity (Wildman–Crippen MR) is 77.7 cm³/mol. The molecule has 0 bridgehead atoms. The van der Waals surface area contributed by atoms with E-state index in [1.165, 1.54) is 5.56 Å². The standard InChI is InChI=1S/C16H27NO/c1-6-18-16(12(4)5)15(17)14-9-7-13(8-10-14)11(2)3/h7-12,15-16H,6,17H2,1-5H3. The van der Waals surface area contributed by atoms with Crippen molar-refractivity contribution in [1.82, 2.24) is 0 Å². The molecule has 0 aromatic heterocycles. The van der Waals surface area contributed by atoms with E-state index in [1.807, 2.05) is 6.92 Å². The molecule has 0 amide bonds. The fourth-order valence-electron chi connectivity index (χ4n) is 2.20. The van der Waals surface area contributed by atoms with E-state index < -0.39 is 0 Å². The Labute approximate surface area is 112 Å². The molecule has 0 spiro atoms. The van der Waals surface area contributed by atoms with Gasteiger partial charge in [0.2, 0.25) is 0 Å². The van der Waals surface area contributed by atoms with Crippen molar-refractivity contribution in [2.45, 2.75) is 52.7 Å². The normalized spacial score (nSPS) is 15.1. The maximum atomic E-state index is 6.33. The van der Waals surface area contributed by atoms with Crippen LogP contribution in [-0.2, 0) is 4.74 Å². The summed E-state index contributed by atoms with van der Waals surface area (Å²) in [6, 6.07) is 8.56. The van der Waals surface area contributed by atoms with E-state index in [9.17, 15) is 0 Å². The van der Waals surface area contributed by atoms with Crippen LogP contribution < -0.4 is 5.73 Å². The molecule has 0 aliphatic carbocycles. The highest BCUT2D eigenvalue weighted by molar-refractivity contribution is 5.27. The van der Waals surface area contributed by atoms with Gasteiger partial charge in [0.15, 0.2) is 0 Å². The molecule has 0 saturated carbocycles. The summed E-state index contributed by atoms with van der Waals surface area (Å²) in [5.41, 5.74) is 8.84. The van der Waals surface area contributed by atoms with E-state index in [1.54, 1.807) is 0 Å². The molecule has 0 saturated heterocycles. The highest BCUT2D eigenvalue weighted by Gasteiger charge is 2.23. The van der Waals surface area contributed by atoms with Crippen molar-refractivity contribution in [3.63, 3.8) is 0 Å². The third kappa shape index (κ3) is 3.82. The number of hydrogen-bond acceptors (Lipinski definition) is 2. The Morgan fingerprint density at radius 1 is 1.00 bits per heavy atom. The van der Waals surface area contributed by atoms with Gasteiger partial charge >= 0.3 is 0 Å². The van der Waals surface area contributed by atoms with Crippen LogP contribution in [0.25, 0.3) is 0 Å². The zero-order valence-corrected chi connectivity index (χ0v) is 12.3. The number of benzene rings is 1. The maximum absolute atomic E-state index is 6.33. The summed E-state index contributed by atoms with van der Waals surface area (Å²) in [5, 5.41) is 0. The van der Waals surface area contributed by atoms with E-state index in [0.717, 1.165) is 5.56 Å². The summed E-state index contributed by atoms with van der Waals surface area (Å²) in [5.74, 6) is 0.979. The van der Waals surface area contributed by atoms with Crippen molar-refractivity contribution in [3.05, 3.63) is 35.4 Å². The lowest BCUT2D eigenvalue weighted by Crippen LogP contribution is -2.33. The lowest BCUT2D eigenvalue weighted by molar-refractivity contribution is 0.0121. The molecule has 0 fully saturated rings. The molecule has 18 heavy (non-hydrogen) atoms. The minimum absolute atomic E-state index is 0.0498. The van der Waals surface area contributed by atoms with E-state index >= 15 is 0 Å². The Morgan fingerprint density at radius 2 is 1.50 bits per heavy atom. The third-order valence-electron chi connectivity index (χ3n) is 3.36. The first kappa shape index (κ1) is 15.2. The Balaban J connectivity index is 2.84. The fourth-order valence-corrected chi connectivity index (χ4v) is 2.20. The van der Waals surface area contributed by atoms with Crippen molar-refractivity contribution < 1.29 is 4.74 Å². The molecule has 0 heterocycles. The highest BCUT2D eigenvalue weighted by Crippen LogP contribution is 2.24. The summed E-state index contributed by atoms with van der Waals surface area (Å²) >= 11 is 0. The van der Waals surface area contributed by atoms with Crippen LogP contribution in [0, 0.1) is 5.92 Å². The Morgan fingerprint density at radius 3 is 1.89 bits per heavy atom. The molecule has 2 heteroatoms. The smallest absolute Gasteiger partial charge is 0.0790 e. The monoisotopic (exact) mass is 249 g/mol. The van der Waals surface area contributed by atoms with Gasteiger partial charge in [0, 0.05) is 6.61 Å². The molecular weight excluding hydrogens is 222 g/mol. The van der Waals surface area contributed by atoms with E-state index in [2.05, 4.69) is 52.0 Å². The van der Waals surface area contributed by atoms with Crippen molar-refractivity contribution in [2.75, 3.05) is 6.61 Å². The van der Waals surface area contributed by atoms with Gasteiger partial charge in [0.25, 0.3) is 0 Å². The average Bonchev–Trinajstić information content (AvgIpc) is 2.35. The van der Waals surface area contributed by atoms with Crippen LogP contribution in [-0.4, -0.2) is 12.7 Å². The van der Waals surface area contributed by atoms with E-state index in [4.69, 9.17) is 10.5 Å². The van der Waals surface area contributed by atoms with Crippen molar-refractivity contribution in [2.24, 2.45) is 11.7 Å². The fraction of sp³-hybridized carbons (Fsp3) is 0.625. The van der Waals surface area contributed by atoms with Crippen LogP contribution in [0.4, 0.5) is 0 Å². The van der Waals surface area contributed by atoms with Gasteiger partial charge in [-0.15, -0.1) is 0 Å². The first-order valence-electron chi connectivity index (χ1n) is 6.94. The molecular formula is C16H27NO. The van der Waals surface area contributed by atoms with E-state index in [0.29, 0.717) is 18.4 Å². The van der Waals surface area contributed by atoms with Gasteiger partial charge in [-0.25, -0.2) is 0 Å². The minimum atomic E-state index is -0.0498. The first-order valence-corrected chi connectivity index (χ1v) is 6.94. The van der Waals surface area contributed by atoms with Crippen LogP contribution in [0.2, 0.25) is 0 Å². The quantitative estimate of drug-likeness (QED) is 0.830. The molecule has 1 aromatic carbocycles. The number of nitrogens with two attached hydrogens (primary N) is 1. The van der Waals surface area contributed by atoms with Gasteiger partial charge in [0.05, 0.1) is 12.1 Å². The van der Waals surface area contributed by atoms with Crippen LogP contribution in [0.15, 0.2) is 24.3 Å². The average molecular weight is 249 g/mol. The lowest BCUT2D eigenvalue weighted by Gasteiger charge is -2.27. The summed E-state index contributed by atoms with van der Waals surface area (Å²) in [6.07, 6.45) is 0.0832. The molecule has 1 aromatic rings. The summed E-state index contributed by atoms with van der Waals surface area (Å²) in [6.45, 7) is 11.4. The predicted octanol–water partition coefficient (Wildman–Crippen LogP) is 3.87. The largest absolute Gasteiger partial charge is 0.376 e. The Hall–Kier alpha value is -0.860. The second-order valence-corrected chi connectivity index (χ2v) is 5.51. The summed E-state index contributed by atoms with van der Waals surface area (Å²) < 4.78 is 5.77. The molecule has 1 rings (SSSR count). The van der Waals surface area contributed by atoms with Gasteiger partial charge in [-0.3, -0.25) is 0 Å². The molecule has 0 aliphatic rings. The van der Waals surface area contributed by atoms with Gasteiger partial charge in [-0.1, -0.05) is 52.0 Å². The van der Waals surface area contributed by atoms with Crippen LogP contribution in [0.1, 0.15) is 57.7 Å². The lowest BCUT2D eigenvalue weighted by atomic mass is 9.92. The zero-order valence-electron chi connectivity index (χ0n) is 12.3. The summed E-state index contributed by atoms with van der Waals surface area (Å²) in [4.78, 5) is 0. The van der Waals surface area contributed by atoms with Crippen LogP contribution in [0.3, 0.4) is 0 Å². The number of ether oxygens (including phenoxy) is 1. The Kier molecular flexibility index (Phi) is 5.83. The van der Waals surface area contributed by atoms with Crippen LogP contribution in [0.5, 0.6) is 0 Å². The van der Waals surface area contributed by atoms with Crippen LogP contribution >= 0.6 is 0 Å². The SMILES string of the molecule is CCOC(C(C)C)C(N)c1ccc(C(C)C)cc1. The molecule has 0 aliphatic heterocycles. The molecule has 102 valence electrons. The van der Waals surface area contributed by atoms with Crippen molar-refractivity contribution in [1.29, 1.82) is 0 Å². The van der Waals surface area contributed by atoms with E-state index in [-0.39, 0.29) is 12.1 Å². The molecule has 2 N–H and O–H groups in total. The summed E-state index contributed by atoms with van der Waals surface area (Å²) in [7, 11) is 0. The minimum Gasteiger partial charge on any atom is -0.376 e. The molecule has 0 radical (unpaired) electrons. The Bertz CT molecular complexity index is 343. The van der Waals surface area contributed by atoms with Crippen molar-refractivity contribution in [3.8, 4) is 0 Å².